The Kier molecular flexibility index (Phi) is 32.2. The largest absolute Gasteiger partial charge is 0.481 e. The minimum Gasteiger partial charge on any atom is -0.481 e. The normalized spacial score (nSPS) is 11.8. The van der Waals surface area contributed by atoms with Crippen molar-refractivity contribution < 1.29 is 72.3 Å². The summed E-state index contributed by atoms with van der Waals surface area (Å²) < 4.78 is 21.1. The van der Waals surface area contributed by atoms with Crippen LogP contribution in [0, 0.1) is 0 Å². The molecule has 57 heavy (non-hydrogen) atoms. The molecule has 0 aliphatic heterocycles. The van der Waals surface area contributed by atoms with E-state index < -0.39 is 79.1 Å². The van der Waals surface area contributed by atoms with E-state index in [2.05, 4.69) is 42.5 Å². The number of halogens is 3. The van der Waals surface area contributed by atoms with Gasteiger partial charge in [0.15, 0.2) is 0 Å². The second-order valence-electron chi connectivity index (χ2n) is 11.8. The quantitative estimate of drug-likeness (QED) is 0.0268. The first-order chi connectivity index (χ1) is 27.2. The standard InChI is InChI=1S/C33H53BrCl2N6O15/c34-18-23(43)2-1-12-54-14-16-56-22-30(48)41-25(33(52)53)3-5-26(44)39-9-13-55-15-17-57-21-29(47)40-24(4-6-31(49)50)32(51)42(10-7-37-27(45)19-35)11-8-38-28(46)20-36/h24-25H,1-22H2,(H,37,45)(H,38,46)(H,39,44)(H,40,47)(H,41,48)(H,49,50)(H,52,53)/t24-,25?/m0/s1. The third kappa shape index (κ3) is 30.1. The maximum absolute atomic E-state index is 13.3. The van der Waals surface area contributed by atoms with E-state index in [0.717, 1.165) is 0 Å². The van der Waals surface area contributed by atoms with Gasteiger partial charge in [0.25, 0.3) is 0 Å². The third-order valence-electron chi connectivity index (χ3n) is 7.21. The molecule has 0 aliphatic carbocycles. The summed E-state index contributed by atoms with van der Waals surface area (Å²) in [6, 6.07) is -2.59. The van der Waals surface area contributed by atoms with Crippen molar-refractivity contribution in [2.75, 3.05) is 103 Å². The van der Waals surface area contributed by atoms with Gasteiger partial charge in [-0.3, -0.25) is 38.4 Å². The van der Waals surface area contributed by atoms with Crippen LogP contribution in [0.25, 0.3) is 0 Å². The summed E-state index contributed by atoms with van der Waals surface area (Å²) in [7, 11) is 0. The molecule has 0 saturated carbocycles. The van der Waals surface area contributed by atoms with Crippen LogP contribution in [0.5, 0.6) is 0 Å². The number of hydrogen-bond acceptors (Lipinski definition) is 13. The number of Topliss-reactive ketones (excluding diaryl/α,β-unsaturated/α-hetero) is 1. The van der Waals surface area contributed by atoms with Crippen LogP contribution in [0.15, 0.2) is 0 Å². The van der Waals surface area contributed by atoms with E-state index in [0.29, 0.717) is 19.4 Å². The van der Waals surface area contributed by atoms with Gasteiger partial charge >= 0.3 is 11.9 Å². The van der Waals surface area contributed by atoms with Crippen LogP contribution < -0.4 is 26.6 Å². The molecule has 0 aromatic rings. The highest BCUT2D eigenvalue weighted by molar-refractivity contribution is 9.09. The molecule has 24 heteroatoms. The number of carbonyl (C=O) groups is 9. The van der Waals surface area contributed by atoms with Gasteiger partial charge in [0.1, 0.15) is 42.8 Å². The zero-order valence-electron chi connectivity index (χ0n) is 31.5. The smallest absolute Gasteiger partial charge is 0.326 e. The summed E-state index contributed by atoms with van der Waals surface area (Å²) >= 11 is 14.0. The highest BCUT2D eigenvalue weighted by atomic mass is 79.9. The third-order valence-corrected chi connectivity index (χ3v) is 8.32. The maximum atomic E-state index is 13.3. The number of nitrogens with one attached hydrogen (secondary N) is 5. The Morgan fingerprint density at radius 1 is 0.579 bits per heavy atom. The minimum absolute atomic E-state index is 0.00200. The maximum Gasteiger partial charge on any atom is 0.326 e. The van der Waals surface area contributed by atoms with Crippen molar-refractivity contribution in [1.29, 1.82) is 0 Å². The molecule has 0 fully saturated rings. The molecule has 1 unspecified atom stereocenters. The molecule has 326 valence electrons. The predicted octanol–water partition coefficient (Wildman–Crippen LogP) is -1.85. The van der Waals surface area contributed by atoms with Gasteiger partial charge in [0.05, 0.1) is 38.4 Å². The average molecular weight is 925 g/mol. The highest BCUT2D eigenvalue weighted by Crippen LogP contribution is 2.05. The van der Waals surface area contributed by atoms with E-state index in [1.807, 2.05) is 0 Å². The number of alkyl halides is 3. The fourth-order valence-corrected chi connectivity index (χ4v) is 4.87. The number of carbonyl (C=O) groups excluding carboxylic acids is 7. The van der Waals surface area contributed by atoms with E-state index in [-0.39, 0.29) is 108 Å². The summed E-state index contributed by atoms with van der Waals surface area (Å²) in [6.45, 7) is -0.271. The molecule has 0 aromatic heterocycles. The lowest BCUT2D eigenvalue weighted by molar-refractivity contribution is -0.143. The van der Waals surface area contributed by atoms with E-state index in [9.17, 15) is 48.3 Å². The Morgan fingerprint density at radius 3 is 1.58 bits per heavy atom. The Hall–Kier alpha value is -3.67. The lowest BCUT2D eigenvalue weighted by Crippen LogP contribution is -2.52. The monoisotopic (exact) mass is 922 g/mol. The number of ketones is 1. The Bertz CT molecular complexity index is 1260. The van der Waals surface area contributed by atoms with E-state index in [1.165, 1.54) is 4.90 Å². The lowest BCUT2D eigenvalue weighted by atomic mass is 10.1. The minimum atomic E-state index is -1.32. The summed E-state index contributed by atoms with van der Waals surface area (Å²) in [6.07, 6.45) is -0.142. The number of carboxylic acid groups (broad SMARTS) is 2. The summed E-state index contributed by atoms with van der Waals surface area (Å²) in [5.74, 6) is -6.59. The number of amides is 6. The Morgan fingerprint density at radius 2 is 1.07 bits per heavy atom. The zero-order chi connectivity index (χ0) is 42.8. The topological polar surface area (TPSA) is 294 Å². The first-order valence-electron chi connectivity index (χ1n) is 17.9. The number of aliphatic carboxylic acids is 2. The van der Waals surface area contributed by atoms with Crippen LogP contribution in [0.3, 0.4) is 0 Å². The first kappa shape index (κ1) is 53.3. The molecular weight excluding hydrogens is 871 g/mol. The SMILES string of the molecule is O=C(O)CC[C@H](NC(=O)COCCOCCNC(=O)CCC(NC(=O)COCCOCCCC(=O)CBr)C(=O)O)C(=O)N(CCNC(=O)CCl)CCNC(=O)CCl. The zero-order valence-corrected chi connectivity index (χ0v) is 34.6. The molecule has 0 radical (unpaired) electrons. The number of hydrogen-bond donors (Lipinski definition) is 7. The van der Waals surface area contributed by atoms with Crippen LogP contribution in [0.4, 0.5) is 0 Å². The van der Waals surface area contributed by atoms with Crippen LogP contribution in [0.1, 0.15) is 38.5 Å². The molecule has 0 bridgehead atoms. The van der Waals surface area contributed by atoms with Gasteiger partial charge in [0, 0.05) is 58.6 Å². The lowest BCUT2D eigenvalue weighted by Gasteiger charge is -2.28. The van der Waals surface area contributed by atoms with Gasteiger partial charge in [-0.2, -0.15) is 0 Å². The van der Waals surface area contributed by atoms with Crippen LogP contribution in [-0.2, 0) is 62.1 Å². The molecule has 0 aliphatic rings. The van der Waals surface area contributed by atoms with Gasteiger partial charge in [-0.05, 0) is 19.3 Å². The fourth-order valence-electron chi connectivity index (χ4n) is 4.40. The number of ether oxygens (including phenoxy) is 4. The average Bonchev–Trinajstić information content (AvgIpc) is 3.18. The van der Waals surface area contributed by atoms with Crippen LogP contribution in [-0.4, -0.2) is 183 Å². The van der Waals surface area contributed by atoms with Crippen LogP contribution in [0.2, 0.25) is 0 Å². The number of carboxylic acids is 2. The highest BCUT2D eigenvalue weighted by Gasteiger charge is 2.27. The summed E-state index contributed by atoms with van der Waals surface area (Å²) in [5.41, 5.74) is 0. The molecule has 21 nitrogen and oxygen atoms in total. The van der Waals surface area contributed by atoms with Crippen molar-refractivity contribution in [3.05, 3.63) is 0 Å². The predicted molar refractivity (Wildman–Crippen MR) is 206 cm³/mol. The molecule has 7 N–H and O–H groups in total. The Balaban J connectivity index is 4.52. The number of nitrogens with zero attached hydrogens (tertiary/aromatic N) is 1. The molecule has 0 rings (SSSR count). The van der Waals surface area contributed by atoms with Gasteiger partial charge in [-0.25, -0.2) is 4.79 Å². The van der Waals surface area contributed by atoms with Crippen molar-refractivity contribution in [2.45, 2.75) is 50.6 Å². The van der Waals surface area contributed by atoms with E-state index >= 15 is 0 Å². The fraction of sp³-hybridized carbons (Fsp3) is 0.727. The van der Waals surface area contributed by atoms with Crippen molar-refractivity contribution in [1.82, 2.24) is 31.5 Å². The van der Waals surface area contributed by atoms with Crippen molar-refractivity contribution >= 4 is 92.3 Å². The van der Waals surface area contributed by atoms with Crippen molar-refractivity contribution in [3.63, 3.8) is 0 Å². The molecule has 0 spiro atoms. The Labute approximate surface area is 348 Å². The molecule has 0 saturated heterocycles. The van der Waals surface area contributed by atoms with E-state index in [1.54, 1.807) is 0 Å². The van der Waals surface area contributed by atoms with E-state index in [4.69, 9.17) is 47.3 Å². The van der Waals surface area contributed by atoms with Gasteiger partial charge in [-0.1, -0.05) is 15.9 Å². The second kappa shape index (κ2) is 34.4. The molecular formula is C33H53BrCl2N6O15. The van der Waals surface area contributed by atoms with Crippen LogP contribution >= 0.6 is 39.1 Å². The summed E-state index contributed by atoms with van der Waals surface area (Å²) in [4.78, 5) is 108. The molecule has 2 atom stereocenters. The number of rotatable bonds is 36. The van der Waals surface area contributed by atoms with Crippen molar-refractivity contribution in [3.8, 4) is 0 Å². The molecule has 6 amide bonds. The van der Waals surface area contributed by atoms with Gasteiger partial charge in [0.2, 0.25) is 35.4 Å². The first-order valence-corrected chi connectivity index (χ1v) is 20.1. The van der Waals surface area contributed by atoms with Gasteiger partial charge < -0.3 is 60.6 Å². The molecule has 0 heterocycles. The molecule has 0 aromatic carbocycles. The second-order valence-corrected chi connectivity index (χ2v) is 12.9. The van der Waals surface area contributed by atoms with Crippen molar-refractivity contribution in [2.24, 2.45) is 0 Å². The summed E-state index contributed by atoms with van der Waals surface area (Å²) in [5, 5.41) is 31.2. The van der Waals surface area contributed by atoms with Gasteiger partial charge in [-0.15, -0.1) is 23.2 Å².